The third-order valence-electron chi connectivity index (χ3n) is 2.07. The maximum absolute atomic E-state index is 11.8. The maximum Gasteiger partial charge on any atom is 0.184 e. The molecule has 1 aromatic rings. The van der Waals surface area contributed by atoms with E-state index < -0.39 is 0 Å². The molecule has 0 saturated heterocycles. The van der Waals surface area contributed by atoms with Crippen LogP contribution in [0.3, 0.4) is 0 Å². The summed E-state index contributed by atoms with van der Waals surface area (Å²) >= 11 is 0. The molecule has 0 bridgehead atoms. The van der Waals surface area contributed by atoms with Crippen LogP contribution in [0.25, 0.3) is 0 Å². The summed E-state index contributed by atoms with van der Waals surface area (Å²) in [6.45, 7) is 4.95. The Hall–Kier alpha value is -1.58. The van der Waals surface area contributed by atoms with Gasteiger partial charge in [0.05, 0.1) is 0 Å². The molecular weight excluding hydrogens is 192 g/mol. The molecular formula is C11H14N2O2. The zero-order valence-electron chi connectivity index (χ0n) is 9.15. The van der Waals surface area contributed by atoms with Gasteiger partial charge in [-0.3, -0.25) is 4.79 Å². The Morgan fingerprint density at radius 3 is 2.67 bits per heavy atom. The van der Waals surface area contributed by atoms with Gasteiger partial charge in [0.25, 0.3) is 0 Å². The first-order valence-corrected chi connectivity index (χ1v) is 4.84. The van der Waals surface area contributed by atoms with Crippen LogP contribution < -0.4 is 0 Å². The van der Waals surface area contributed by atoms with Crippen LogP contribution in [-0.4, -0.2) is 21.5 Å². The molecule has 1 unspecified atom stereocenters. The number of hydrogen-bond donors (Lipinski definition) is 0. The van der Waals surface area contributed by atoms with E-state index in [9.17, 15) is 9.59 Å². The maximum atomic E-state index is 11.8. The largest absolute Gasteiger partial charge is 0.300 e. The van der Waals surface area contributed by atoms with Crippen LogP contribution in [-0.2, 0) is 4.79 Å². The Bertz CT molecular complexity index is 388. The van der Waals surface area contributed by atoms with Crippen LogP contribution in [0.5, 0.6) is 0 Å². The van der Waals surface area contributed by atoms with Gasteiger partial charge in [-0.1, -0.05) is 6.92 Å². The van der Waals surface area contributed by atoms with Gasteiger partial charge in [0.15, 0.2) is 5.78 Å². The number of hydrogen-bond acceptors (Lipinski definition) is 4. The van der Waals surface area contributed by atoms with Gasteiger partial charge >= 0.3 is 0 Å². The molecule has 1 aromatic heterocycles. The number of ketones is 2. The van der Waals surface area contributed by atoms with Crippen molar-refractivity contribution in [3.63, 3.8) is 0 Å². The van der Waals surface area contributed by atoms with Gasteiger partial charge in [0, 0.05) is 18.5 Å². The minimum atomic E-state index is -0.309. The van der Waals surface area contributed by atoms with E-state index in [1.165, 1.54) is 6.92 Å². The Labute approximate surface area is 88.7 Å². The molecule has 1 rings (SSSR count). The van der Waals surface area contributed by atoms with Crippen molar-refractivity contribution in [3.05, 3.63) is 23.8 Å². The van der Waals surface area contributed by atoms with Crippen LogP contribution >= 0.6 is 0 Å². The quantitative estimate of drug-likeness (QED) is 0.702. The molecule has 0 aliphatic carbocycles. The first-order chi connectivity index (χ1) is 7.00. The van der Waals surface area contributed by atoms with Gasteiger partial charge < -0.3 is 4.79 Å². The van der Waals surface area contributed by atoms with E-state index >= 15 is 0 Å². The zero-order chi connectivity index (χ0) is 11.4. The third kappa shape index (κ3) is 3.23. The van der Waals surface area contributed by atoms with Crippen molar-refractivity contribution in [2.24, 2.45) is 5.92 Å². The molecule has 4 heteroatoms. The van der Waals surface area contributed by atoms with E-state index in [2.05, 4.69) is 9.97 Å². The second-order valence-electron chi connectivity index (χ2n) is 3.66. The summed E-state index contributed by atoms with van der Waals surface area (Å²) < 4.78 is 0. The Balaban J connectivity index is 2.80. The van der Waals surface area contributed by atoms with Gasteiger partial charge in [-0.2, -0.15) is 0 Å². The molecule has 0 N–H and O–H groups in total. The zero-order valence-corrected chi connectivity index (χ0v) is 9.15. The van der Waals surface area contributed by atoms with Crippen LogP contribution in [0.15, 0.2) is 12.3 Å². The molecule has 0 aliphatic rings. The highest BCUT2D eigenvalue weighted by atomic mass is 16.1. The number of aryl methyl sites for hydroxylation is 1. The summed E-state index contributed by atoms with van der Waals surface area (Å²) in [6, 6.07) is 1.58. The van der Waals surface area contributed by atoms with Crippen molar-refractivity contribution in [2.75, 3.05) is 0 Å². The molecule has 0 saturated carbocycles. The van der Waals surface area contributed by atoms with Crippen LogP contribution in [0, 0.1) is 12.8 Å². The number of rotatable bonds is 4. The number of carbonyl (C=O) groups is 2. The van der Waals surface area contributed by atoms with E-state index in [0.29, 0.717) is 11.5 Å². The van der Waals surface area contributed by atoms with Crippen LogP contribution in [0.1, 0.15) is 36.6 Å². The first-order valence-electron chi connectivity index (χ1n) is 4.84. The fraction of sp³-hybridized carbons (Fsp3) is 0.455. The van der Waals surface area contributed by atoms with Crippen molar-refractivity contribution < 1.29 is 9.59 Å². The molecule has 0 aliphatic heterocycles. The lowest BCUT2D eigenvalue weighted by Crippen LogP contribution is -2.16. The smallest absolute Gasteiger partial charge is 0.184 e. The molecule has 0 radical (unpaired) electrons. The predicted molar refractivity (Wildman–Crippen MR) is 55.6 cm³/mol. The van der Waals surface area contributed by atoms with Crippen LogP contribution in [0.2, 0.25) is 0 Å². The lowest BCUT2D eigenvalue weighted by Gasteiger charge is -2.07. The summed E-state index contributed by atoms with van der Waals surface area (Å²) in [5.74, 6) is 0.171. The highest BCUT2D eigenvalue weighted by Crippen LogP contribution is 2.10. The van der Waals surface area contributed by atoms with Crippen LogP contribution in [0.4, 0.5) is 0 Å². The van der Waals surface area contributed by atoms with Gasteiger partial charge in [0.1, 0.15) is 17.3 Å². The lowest BCUT2D eigenvalue weighted by molar-refractivity contribution is -0.117. The Morgan fingerprint density at radius 2 is 2.13 bits per heavy atom. The normalized spacial score (nSPS) is 12.2. The number of Topliss-reactive ketones (excluding diaryl/α,β-unsaturated/α-hetero) is 2. The SMILES string of the molecule is CC(=O)CC(C)C(=O)c1ccnc(C)n1. The lowest BCUT2D eigenvalue weighted by atomic mass is 9.98. The van der Waals surface area contributed by atoms with Crippen molar-refractivity contribution in [2.45, 2.75) is 27.2 Å². The average molecular weight is 206 g/mol. The molecule has 0 fully saturated rings. The van der Waals surface area contributed by atoms with E-state index in [-0.39, 0.29) is 23.9 Å². The Kier molecular flexibility index (Phi) is 3.66. The fourth-order valence-electron chi connectivity index (χ4n) is 1.37. The Morgan fingerprint density at radius 1 is 1.47 bits per heavy atom. The van der Waals surface area contributed by atoms with E-state index in [1.807, 2.05) is 0 Å². The monoisotopic (exact) mass is 206 g/mol. The highest BCUT2D eigenvalue weighted by Gasteiger charge is 2.18. The molecule has 4 nitrogen and oxygen atoms in total. The van der Waals surface area contributed by atoms with Crippen molar-refractivity contribution in [3.8, 4) is 0 Å². The van der Waals surface area contributed by atoms with Gasteiger partial charge in [-0.25, -0.2) is 9.97 Å². The standard InChI is InChI=1S/C11H14N2O2/c1-7(6-8(2)14)11(15)10-4-5-12-9(3)13-10/h4-5,7H,6H2,1-3H3. The van der Waals surface area contributed by atoms with Gasteiger partial charge in [-0.05, 0) is 19.9 Å². The molecule has 1 heterocycles. The summed E-state index contributed by atoms with van der Waals surface area (Å²) in [5, 5.41) is 0. The molecule has 15 heavy (non-hydrogen) atoms. The van der Waals surface area contributed by atoms with E-state index in [1.54, 1.807) is 26.1 Å². The van der Waals surface area contributed by atoms with Crippen molar-refractivity contribution in [1.29, 1.82) is 0 Å². The number of nitrogens with zero attached hydrogens (tertiary/aromatic N) is 2. The van der Waals surface area contributed by atoms with Crippen molar-refractivity contribution in [1.82, 2.24) is 9.97 Å². The van der Waals surface area contributed by atoms with Gasteiger partial charge in [0.2, 0.25) is 0 Å². The number of carbonyl (C=O) groups excluding carboxylic acids is 2. The summed E-state index contributed by atoms with van der Waals surface area (Å²) in [4.78, 5) is 30.6. The summed E-state index contributed by atoms with van der Waals surface area (Å²) in [5.41, 5.74) is 0.385. The highest BCUT2D eigenvalue weighted by molar-refractivity contribution is 5.97. The summed E-state index contributed by atoms with van der Waals surface area (Å²) in [7, 11) is 0. The summed E-state index contributed by atoms with van der Waals surface area (Å²) in [6.07, 6.45) is 1.82. The molecule has 0 spiro atoms. The second kappa shape index (κ2) is 4.77. The topological polar surface area (TPSA) is 59.9 Å². The average Bonchev–Trinajstić information content (AvgIpc) is 2.15. The molecule has 0 amide bonds. The van der Waals surface area contributed by atoms with Crippen molar-refractivity contribution >= 4 is 11.6 Å². The molecule has 1 atom stereocenters. The minimum absolute atomic E-state index is 0.0154. The van der Waals surface area contributed by atoms with Gasteiger partial charge in [-0.15, -0.1) is 0 Å². The van der Waals surface area contributed by atoms with E-state index in [4.69, 9.17) is 0 Å². The predicted octanol–water partition coefficient (Wildman–Crippen LogP) is 1.58. The second-order valence-corrected chi connectivity index (χ2v) is 3.66. The molecule has 80 valence electrons. The van der Waals surface area contributed by atoms with E-state index in [0.717, 1.165) is 0 Å². The number of aromatic nitrogens is 2. The third-order valence-corrected chi connectivity index (χ3v) is 2.07. The first kappa shape index (κ1) is 11.5. The minimum Gasteiger partial charge on any atom is -0.300 e. The fourth-order valence-corrected chi connectivity index (χ4v) is 1.37. The molecule has 0 aromatic carbocycles.